The van der Waals surface area contributed by atoms with Crippen LogP contribution in [0.5, 0.6) is 11.8 Å². The van der Waals surface area contributed by atoms with Crippen LogP contribution in [0.15, 0.2) is 42.7 Å². The van der Waals surface area contributed by atoms with E-state index in [9.17, 15) is 39.5 Å². The number of likely N-dealkylation sites (tertiary alicyclic amines) is 1. The molecule has 1 spiro atoms. The molecule has 4 heterocycles. The summed E-state index contributed by atoms with van der Waals surface area (Å²) in [7, 11) is 1.67. The third kappa shape index (κ3) is 14.3. The predicted molar refractivity (Wildman–Crippen MR) is 138 cm³/mol. The molecule has 21 heteroatoms. The standard InChI is InChI=1S/C20H25N3O3.3C2HF3O2/c1-24-19-16(5-4-10-22-19)13-23-14-20(15-23)17(8-12-26-20)7-11-25-18-6-2-3-9-21-18;3*3-2(4,5)1(6)7/h2-6,9-10,17H,7-8,11-15H2,1H3;3*(H,6,7). The topological polar surface area (TPSA) is 169 Å². The lowest BCUT2D eigenvalue weighted by Gasteiger charge is -2.50. The molecule has 0 radical (unpaired) electrons. The van der Waals surface area contributed by atoms with Crippen LogP contribution in [0.4, 0.5) is 39.5 Å². The lowest BCUT2D eigenvalue weighted by molar-refractivity contribution is -0.193. The summed E-state index contributed by atoms with van der Waals surface area (Å²) in [5.41, 5.74) is 1.11. The maximum Gasteiger partial charge on any atom is 0.490 e. The van der Waals surface area contributed by atoms with E-state index in [-0.39, 0.29) is 5.60 Å². The molecule has 1 atom stereocenters. The zero-order chi connectivity index (χ0) is 36.1. The molecule has 0 saturated carbocycles. The Morgan fingerprint density at radius 3 is 1.83 bits per heavy atom. The highest BCUT2D eigenvalue weighted by atomic mass is 19.4. The molecule has 0 aliphatic carbocycles. The minimum atomic E-state index is -5.08. The van der Waals surface area contributed by atoms with E-state index in [1.54, 1.807) is 19.5 Å². The van der Waals surface area contributed by atoms with Gasteiger partial charge in [-0.15, -0.1) is 0 Å². The number of carboxylic acids is 3. The number of hydrogen-bond acceptors (Lipinski definition) is 9. The Kier molecular flexibility index (Phi) is 15.1. The van der Waals surface area contributed by atoms with Gasteiger partial charge in [0.25, 0.3) is 0 Å². The summed E-state index contributed by atoms with van der Waals surface area (Å²) in [5, 5.41) is 21.4. The van der Waals surface area contributed by atoms with Gasteiger partial charge < -0.3 is 29.5 Å². The lowest BCUT2D eigenvalue weighted by Crippen LogP contribution is -2.64. The van der Waals surface area contributed by atoms with Gasteiger partial charge in [0.05, 0.1) is 19.3 Å². The van der Waals surface area contributed by atoms with Crippen LogP contribution in [0.2, 0.25) is 0 Å². The molecule has 1 unspecified atom stereocenters. The Morgan fingerprint density at radius 2 is 1.38 bits per heavy atom. The molecular formula is C26H28F9N3O9. The fourth-order valence-corrected chi connectivity index (χ4v) is 4.07. The number of alkyl halides is 9. The first-order valence-corrected chi connectivity index (χ1v) is 12.9. The van der Waals surface area contributed by atoms with E-state index >= 15 is 0 Å². The van der Waals surface area contributed by atoms with Gasteiger partial charge in [-0.2, -0.15) is 39.5 Å². The van der Waals surface area contributed by atoms with Crippen molar-refractivity contribution in [2.75, 3.05) is 33.4 Å². The summed E-state index contributed by atoms with van der Waals surface area (Å²) < 4.78 is 112. The average Bonchev–Trinajstić information content (AvgIpc) is 3.37. The molecule has 2 aromatic heterocycles. The Labute approximate surface area is 259 Å². The summed E-state index contributed by atoms with van der Waals surface area (Å²) in [6, 6.07) is 9.76. The molecule has 2 aliphatic rings. The molecule has 264 valence electrons. The average molecular weight is 698 g/mol. The number of aromatic nitrogens is 2. The zero-order valence-corrected chi connectivity index (χ0v) is 24.1. The number of aliphatic carboxylic acids is 3. The van der Waals surface area contributed by atoms with Crippen molar-refractivity contribution in [1.82, 2.24) is 14.9 Å². The second-order valence-corrected chi connectivity index (χ2v) is 9.43. The number of carboxylic acid groups (broad SMARTS) is 3. The minimum Gasteiger partial charge on any atom is -0.481 e. The molecule has 0 bridgehead atoms. The van der Waals surface area contributed by atoms with Crippen LogP contribution in [0.1, 0.15) is 18.4 Å². The van der Waals surface area contributed by atoms with Crippen LogP contribution in [0.25, 0.3) is 0 Å². The van der Waals surface area contributed by atoms with Gasteiger partial charge in [0.2, 0.25) is 11.8 Å². The number of pyridine rings is 2. The maximum absolute atomic E-state index is 10.6. The van der Waals surface area contributed by atoms with Gasteiger partial charge in [0, 0.05) is 50.3 Å². The van der Waals surface area contributed by atoms with Gasteiger partial charge in [-0.3, -0.25) is 4.90 Å². The van der Waals surface area contributed by atoms with Crippen molar-refractivity contribution in [2.45, 2.75) is 43.5 Å². The SMILES string of the molecule is COc1ncccc1CN1CC2(C1)OCCC2CCOc1ccccn1.O=C(O)C(F)(F)F.O=C(O)C(F)(F)F.O=C(O)C(F)(F)F. The first kappa shape index (κ1) is 40.6. The van der Waals surface area contributed by atoms with E-state index in [0.717, 1.165) is 44.6 Å². The quantitative estimate of drug-likeness (QED) is 0.349. The smallest absolute Gasteiger partial charge is 0.481 e. The van der Waals surface area contributed by atoms with Gasteiger partial charge in [-0.05, 0) is 30.9 Å². The third-order valence-electron chi connectivity index (χ3n) is 6.10. The van der Waals surface area contributed by atoms with Crippen LogP contribution in [0.3, 0.4) is 0 Å². The second-order valence-electron chi connectivity index (χ2n) is 9.43. The molecule has 2 saturated heterocycles. The molecule has 2 aliphatic heterocycles. The van der Waals surface area contributed by atoms with Gasteiger partial charge in [-0.1, -0.05) is 12.1 Å². The van der Waals surface area contributed by atoms with Crippen molar-refractivity contribution in [3.05, 3.63) is 48.3 Å². The highest BCUT2D eigenvalue weighted by Crippen LogP contribution is 2.42. The monoisotopic (exact) mass is 697 g/mol. The molecule has 0 amide bonds. The molecule has 0 aromatic carbocycles. The first-order valence-electron chi connectivity index (χ1n) is 12.9. The predicted octanol–water partition coefficient (Wildman–Crippen LogP) is 4.45. The Hall–Kier alpha value is -4.40. The van der Waals surface area contributed by atoms with Crippen molar-refractivity contribution in [1.29, 1.82) is 0 Å². The van der Waals surface area contributed by atoms with Crippen molar-refractivity contribution in [2.24, 2.45) is 5.92 Å². The largest absolute Gasteiger partial charge is 0.490 e. The molecule has 3 N–H and O–H groups in total. The number of nitrogens with zero attached hydrogens (tertiary/aromatic N) is 3. The van der Waals surface area contributed by atoms with E-state index in [1.807, 2.05) is 24.3 Å². The van der Waals surface area contributed by atoms with E-state index in [4.69, 9.17) is 43.9 Å². The van der Waals surface area contributed by atoms with E-state index < -0.39 is 36.4 Å². The molecule has 2 aromatic rings. The summed E-state index contributed by atoms with van der Waals surface area (Å²) in [4.78, 5) is 37.6. The molecular weight excluding hydrogens is 669 g/mol. The molecule has 47 heavy (non-hydrogen) atoms. The normalized spacial score (nSPS) is 16.9. The molecule has 2 fully saturated rings. The highest BCUT2D eigenvalue weighted by Gasteiger charge is 2.52. The Bertz CT molecular complexity index is 1230. The van der Waals surface area contributed by atoms with Crippen LogP contribution < -0.4 is 9.47 Å². The maximum atomic E-state index is 10.6. The fourth-order valence-electron chi connectivity index (χ4n) is 4.07. The summed E-state index contributed by atoms with van der Waals surface area (Å²) >= 11 is 0. The third-order valence-corrected chi connectivity index (χ3v) is 6.10. The van der Waals surface area contributed by atoms with Crippen molar-refractivity contribution < 1.29 is 83.4 Å². The second kappa shape index (κ2) is 17.5. The summed E-state index contributed by atoms with van der Waals surface area (Å²) in [6.45, 7) is 4.29. The van der Waals surface area contributed by atoms with E-state index in [0.29, 0.717) is 24.3 Å². The number of ether oxygens (including phenoxy) is 3. The molecule has 12 nitrogen and oxygen atoms in total. The van der Waals surface area contributed by atoms with Crippen molar-refractivity contribution in [3.63, 3.8) is 0 Å². The van der Waals surface area contributed by atoms with Crippen molar-refractivity contribution in [3.8, 4) is 11.8 Å². The van der Waals surface area contributed by atoms with Crippen LogP contribution in [0, 0.1) is 5.92 Å². The molecule has 4 rings (SSSR count). The van der Waals surface area contributed by atoms with Crippen molar-refractivity contribution >= 4 is 17.9 Å². The van der Waals surface area contributed by atoms with Crippen LogP contribution >= 0.6 is 0 Å². The van der Waals surface area contributed by atoms with Crippen LogP contribution in [-0.2, 0) is 25.7 Å². The summed E-state index contributed by atoms with van der Waals surface area (Å²) in [6.07, 6.45) is -9.63. The number of hydrogen-bond donors (Lipinski definition) is 3. The van der Waals surface area contributed by atoms with E-state index in [2.05, 4.69) is 20.9 Å². The van der Waals surface area contributed by atoms with Crippen LogP contribution in [-0.4, -0.2) is 106 Å². The minimum absolute atomic E-state index is 0.0110. The fraction of sp³-hybridized carbons (Fsp3) is 0.500. The number of halogens is 9. The van der Waals surface area contributed by atoms with Gasteiger partial charge in [-0.25, -0.2) is 24.4 Å². The number of methoxy groups -OCH3 is 1. The Balaban J connectivity index is 0.000000430. The zero-order valence-electron chi connectivity index (χ0n) is 24.1. The van der Waals surface area contributed by atoms with Gasteiger partial charge in [0.1, 0.15) is 0 Å². The highest BCUT2D eigenvalue weighted by molar-refractivity contribution is 5.73. The Morgan fingerprint density at radius 1 is 0.872 bits per heavy atom. The number of rotatable bonds is 7. The first-order chi connectivity index (χ1) is 21.6. The summed E-state index contributed by atoms with van der Waals surface area (Å²) in [5.74, 6) is -6.33. The van der Waals surface area contributed by atoms with Gasteiger partial charge in [0.15, 0.2) is 0 Å². The van der Waals surface area contributed by atoms with Gasteiger partial charge >= 0.3 is 36.4 Å². The number of carbonyl (C=O) groups is 3. The lowest BCUT2D eigenvalue weighted by atomic mass is 9.79. The van der Waals surface area contributed by atoms with E-state index in [1.165, 1.54) is 0 Å².